The number of aromatic hydroxyl groups is 1. The lowest BCUT2D eigenvalue weighted by Crippen LogP contribution is -2.79. The number of carbonyl (C=O) groups excluding carboxylic acids is 3. The number of primary amides is 1. The van der Waals surface area contributed by atoms with E-state index >= 15 is 0 Å². The van der Waals surface area contributed by atoms with Crippen LogP contribution in [-0.4, -0.2) is 55.7 Å². The van der Waals surface area contributed by atoms with Gasteiger partial charge in [0.15, 0.2) is 17.2 Å². The number of Topliss-reactive ketones (excluding diaryl/α,β-unsaturated/α-hetero) is 2. The van der Waals surface area contributed by atoms with Gasteiger partial charge in [0.1, 0.15) is 17.8 Å². The van der Waals surface area contributed by atoms with Crippen molar-refractivity contribution in [1.29, 1.82) is 0 Å². The minimum Gasteiger partial charge on any atom is -0.507 e. The number of carbonyl (C=O) groups is 3. The summed E-state index contributed by atoms with van der Waals surface area (Å²) in [4.78, 5) is 40.3. The summed E-state index contributed by atoms with van der Waals surface area (Å²) in [7, 11) is 0. The number of ketones is 2. The summed E-state index contributed by atoms with van der Waals surface area (Å²) in [5, 5.41) is 46.2. The van der Waals surface area contributed by atoms with Gasteiger partial charge in [-0.25, -0.2) is 0 Å². The quantitative estimate of drug-likeness (QED) is 0.248. The number of anilines is 1. The molecule has 2 fully saturated rings. The van der Waals surface area contributed by atoms with Crippen molar-refractivity contribution < 1.29 is 34.8 Å². The zero-order chi connectivity index (χ0) is 29.7. The summed E-state index contributed by atoms with van der Waals surface area (Å²) in [5.41, 5.74) is 10.4. The lowest BCUT2D eigenvalue weighted by Gasteiger charge is -2.66. The summed E-state index contributed by atoms with van der Waals surface area (Å²) in [5.74, 6) is -7.13. The fourth-order valence-corrected chi connectivity index (χ4v) is 8.61. The highest BCUT2D eigenvalue weighted by molar-refractivity contribution is 6.09. The van der Waals surface area contributed by atoms with Crippen molar-refractivity contribution in [1.82, 2.24) is 0 Å². The van der Waals surface area contributed by atoms with Gasteiger partial charge in [-0.2, -0.15) is 0 Å². The highest BCUT2D eigenvalue weighted by Gasteiger charge is 2.75. The molecule has 0 spiro atoms. The number of aliphatic hydroxyl groups is 3. The summed E-state index contributed by atoms with van der Waals surface area (Å²) < 4.78 is 0. The smallest absolute Gasteiger partial charge is 0.230 e. The van der Waals surface area contributed by atoms with Gasteiger partial charge in [0.2, 0.25) is 5.91 Å². The van der Waals surface area contributed by atoms with Gasteiger partial charge in [0, 0.05) is 11.1 Å². The normalized spacial score (nSPS) is 37.1. The second kappa shape index (κ2) is 8.86. The van der Waals surface area contributed by atoms with E-state index < -0.39 is 63.9 Å². The molecule has 2 aromatic carbocycles. The average Bonchev–Trinajstić information content (AvgIpc) is 2.83. The largest absolute Gasteiger partial charge is 0.507 e. The van der Waals surface area contributed by atoms with Gasteiger partial charge in [0.05, 0.1) is 17.6 Å². The fraction of sp³-hybridized carbons (Fsp3) is 0.516. The van der Waals surface area contributed by atoms with E-state index in [0.29, 0.717) is 16.8 Å². The number of phenols is 1. The Balaban J connectivity index is 1.73. The molecule has 8 atom stereocenters. The first-order valence-electron chi connectivity index (χ1n) is 13.7. The zero-order valence-corrected chi connectivity index (χ0v) is 23.4. The van der Waals surface area contributed by atoms with Crippen molar-refractivity contribution >= 4 is 23.2 Å². The Morgan fingerprint density at radius 2 is 1.75 bits per heavy atom. The van der Waals surface area contributed by atoms with Crippen LogP contribution in [0.3, 0.4) is 0 Å². The Kier molecular flexibility index (Phi) is 6.26. The molecular formula is C31H38N2O7. The van der Waals surface area contributed by atoms with E-state index in [-0.39, 0.29) is 30.1 Å². The molecule has 9 heteroatoms. The maximum Gasteiger partial charge on any atom is 0.230 e. The average molecular weight is 551 g/mol. The third-order valence-electron chi connectivity index (χ3n) is 10.3. The van der Waals surface area contributed by atoms with Gasteiger partial charge in [-0.3, -0.25) is 14.4 Å². The lowest BCUT2D eigenvalue weighted by molar-refractivity contribution is -0.265. The van der Waals surface area contributed by atoms with E-state index in [9.17, 15) is 34.8 Å². The molecule has 40 heavy (non-hydrogen) atoms. The predicted octanol–water partition coefficient (Wildman–Crippen LogP) is 2.13. The number of nitrogens with two attached hydrogens (primary N) is 2. The van der Waals surface area contributed by atoms with Crippen molar-refractivity contribution in [2.24, 2.45) is 40.2 Å². The molecule has 2 saturated carbocycles. The topological polar surface area (TPSA) is 184 Å². The van der Waals surface area contributed by atoms with Crippen LogP contribution >= 0.6 is 0 Å². The minimum atomic E-state index is -2.53. The SMILES string of the molecule is Cc1ccc(-c2ccc(O)c3c2C[C@]2(C)C[C@]4(C)[C@@H](C(C)C)C(O)[C@@H](C(N)=O)C(=O)[C@]4(O)C(O)[C@H]2C3=O)cc1N. The number of hydrogen-bond donors (Lipinski definition) is 6. The van der Waals surface area contributed by atoms with Crippen LogP contribution in [0.5, 0.6) is 5.75 Å². The van der Waals surface area contributed by atoms with E-state index in [1.165, 1.54) is 6.07 Å². The summed E-state index contributed by atoms with van der Waals surface area (Å²) in [6.45, 7) is 8.99. The van der Waals surface area contributed by atoms with Gasteiger partial charge in [-0.15, -0.1) is 0 Å². The second-order valence-electron chi connectivity index (χ2n) is 13.0. The van der Waals surface area contributed by atoms with E-state index in [0.717, 1.165) is 11.1 Å². The van der Waals surface area contributed by atoms with E-state index in [1.54, 1.807) is 13.0 Å². The molecule has 0 saturated heterocycles. The fourth-order valence-electron chi connectivity index (χ4n) is 8.61. The second-order valence-corrected chi connectivity index (χ2v) is 13.0. The number of benzene rings is 2. The number of hydrogen-bond acceptors (Lipinski definition) is 8. The van der Waals surface area contributed by atoms with Crippen molar-refractivity contribution in [3.05, 3.63) is 47.0 Å². The number of nitrogen functional groups attached to an aromatic ring is 1. The Bertz CT molecular complexity index is 1450. The van der Waals surface area contributed by atoms with Crippen LogP contribution in [0.4, 0.5) is 5.69 Å². The molecule has 0 aliphatic heterocycles. The number of fused-ring (bicyclic) bond motifs is 3. The van der Waals surface area contributed by atoms with Crippen molar-refractivity contribution in [3.8, 4) is 16.9 Å². The first-order chi connectivity index (χ1) is 18.5. The predicted molar refractivity (Wildman–Crippen MR) is 148 cm³/mol. The van der Waals surface area contributed by atoms with Gasteiger partial charge in [0.25, 0.3) is 0 Å². The maximum absolute atomic E-state index is 14.2. The summed E-state index contributed by atoms with van der Waals surface area (Å²) in [6, 6.07) is 8.73. The Morgan fingerprint density at radius 3 is 2.33 bits per heavy atom. The van der Waals surface area contributed by atoms with Crippen molar-refractivity contribution in [3.63, 3.8) is 0 Å². The number of aryl methyl sites for hydroxylation is 1. The zero-order valence-electron chi connectivity index (χ0n) is 23.4. The lowest BCUT2D eigenvalue weighted by atomic mass is 9.39. The number of amides is 1. The summed E-state index contributed by atoms with van der Waals surface area (Å²) in [6.07, 6.45) is -3.04. The standard InChI is InChI=1S/C31H38N2O7/c1-13(2)22-25(36)21(28(33)39)26(37)31(40)27(38)23-24(35)20-17(11-29(23,4)12-30(22,31)5)16(8-9-19(20)34)15-7-6-14(3)18(32)10-15/h6-10,13,21-23,25,27,34,36,38,40H,11-12,32H2,1-5H3,(H2,33,39)/t21-,22+,23-,25?,27?,29-,30-,31+/m1/s1. The highest BCUT2D eigenvalue weighted by Crippen LogP contribution is 2.66. The molecule has 9 nitrogen and oxygen atoms in total. The van der Waals surface area contributed by atoms with E-state index in [2.05, 4.69) is 0 Å². The Hall–Kier alpha value is -3.27. The van der Waals surface area contributed by atoms with Gasteiger partial charge in [-0.1, -0.05) is 45.9 Å². The van der Waals surface area contributed by atoms with Crippen LogP contribution in [0.1, 0.15) is 55.6 Å². The van der Waals surface area contributed by atoms with Crippen molar-refractivity contribution in [2.45, 2.75) is 65.3 Å². The molecule has 0 bridgehead atoms. The van der Waals surface area contributed by atoms with Crippen LogP contribution in [0.25, 0.3) is 11.1 Å². The maximum atomic E-state index is 14.2. The van der Waals surface area contributed by atoms with Crippen LogP contribution in [-0.2, 0) is 16.0 Å². The minimum absolute atomic E-state index is 0.0283. The number of aliphatic hydroxyl groups excluding tert-OH is 2. The molecule has 214 valence electrons. The highest BCUT2D eigenvalue weighted by atomic mass is 16.4. The van der Waals surface area contributed by atoms with Gasteiger partial charge in [-0.05, 0) is 71.4 Å². The third-order valence-corrected chi connectivity index (χ3v) is 10.3. The monoisotopic (exact) mass is 550 g/mol. The van der Waals surface area contributed by atoms with Crippen LogP contribution in [0.2, 0.25) is 0 Å². The Morgan fingerprint density at radius 1 is 1.10 bits per heavy atom. The van der Waals surface area contributed by atoms with Gasteiger partial charge >= 0.3 is 0 Å². The number of phenolic OH excluding ortho intramolecular Hbond substituents is 1. The Labute approximate surface area is 233 Å². The molecular weight excluding hydrogens is 512 g/mol. The van der Waals surface area contributed by atoms with Gasteiger partial charge < -0.3 is 31.9 Å². The molecule has 2 aromatic rings. The third kappa shape index (κ3) is 3.47. The molecule has 0 aromatic heterocycles. The van der Waals surface area contributed by atoms with E-state index in [1.807, 2.05) is 45.9 Å². The van der Waals surface area contributed by atoms with Crippen LogP contribution in [0.15, 0.2) is 30.3 Å². The molecule has 0 radical (unpaired) electrons. The molecule has 3 aliphatic carbocycles. The molecule has 8 N–H and O–H groups in total. The molecule has 5 rings (SSSR count). The first kappa shape index (κ1) is 28.3. The summed E-state index contributed by atoms with van der Waals surface area (Å²) >= 11 is 0. The first-order valence-corrected chi connectivity index (χ1v) is 13.7. The van der Waals surface area contributed by atoms with Crippen molar-refractivity contribution in [2.75, 3.05) is 5.73 Å². The van der Waals surface area contributed by atoms with Crippen LogP contribution < -0.4 is 11.5 Å². The molecule has 3 aliphatic rings. The number of rotatable bonds is 3. The molecule has 1 amide bonds. The van der Waals surface area contributed by atoms with Crippen LogP contribution in [0, 0.1) is 41.4 Å². The van der Waals surface area contributed by atoms with E-state index in [4.69, 9.17) is 11.5 Å². The molecule has 2 unspecified atom stereocenters. The molecule has 0 heterocycles.